The lowest BCUT2D eigenvalue weighted by Gasteiger charge is -2.19. The third-order valence-electron chi connectivity index (χ3n) is 1.71. The maximum atomic E-state index is 10.8. The molecule has 72 valence electrons. The molecule has 12 heavy (non-hydrogen) atoms. The van der Waals surface area contributed by atoms with Crippen LogP contribution in [0, 0.1) is 0 Å². The molecule has 0 aromatic carbocycles. The predicted octanol–water partition coefficient (Wildman–Crippen LogP) is -0.278. The second-order valence-electron chi connectivity index (χ2n) is 2.85. The Balaban J connectivity index is 3.83. The lowest BCUT2D eigenvalue weighted by molar-refractivity contribution is -0.139. The van der Waals surface area contributed by atoms with Gasteiger partial charge in [0.05, 0.1) is 12.2 Å². The number of aliphatic hydroxyl groups excluding tert-OH is 2. The highest BCUT2D eigenvalue weighted by Gasteiger charge is 2.17. The highest BCUT2D eigenvalue weighted by molar-refractivity contribution is 5.83. The van der Waals surface area contributed by atoms with Crippen LogP contribution in [0.3, 0.4) is 0 Å². The Morgan fingerprint density at radius 3 is 2.25 bits per heavy atom. The van der Waals surface area contributed by atoms with Gasteiger partial charge >= 0.3 is 0 Å². The third-order valence-corrected chi connectivity index (χ3v) is 1.71. The molecule has 0 aromatic rings. The number of hydrogen-bond acceptors (Lipinski definition) is 4. The van der Waals surface area contributed by atoms with Gasteiger partial charge in [0.25, 0.3) is 0 Å². The van der Waals surface area contributed by atoms with E-state index in [-0.39, 0.29) is 5.78 Å². The van der Waals surface area contributed by atoms with Gasteiger partial charge in [-0.1, -0.05) is 0 Å². The fourth-order valence-corrected chi connectivity index (χ4v) is 0.640. The molecule has 4 nitrogen and oxygen atoms in total. The number of carbonyl (C=O) groups is 1. The van der Waals surface area contributed by atoms with E-state index in [1.807, 2.05) is 0 Å². The van der Waals surface area contributed by atoms with E-state index in [2.05, 4.69) is 0 Å². The van der Waals surface area contributed by atoms with Crippen LogP contribution >= 0.6 is 0 Å². The number of hydrogen-bond donors (Lipinski definition) is 2. The Labute approximate surface area is 72.2 Å². The van der Waals surface area contributed by atoms with Crippen LogP contribution in [-0.4, -0.2) is 40.9 Å². The zero-order valence-corrected chi connectivity index (χ0v) is 7.65. The van der Waals surface area contributed by atoms with Gasteiger partial charge in [-0.3, -0.25) is 4.79 Å². The molecular weight excluding hydrogens is 160 g/mol. The number of ether oxygens (including phenoxy) is 1. The first-order valence-electron chi connectivity index (χ1n) is 3.96. The maximum absolute atomic E-state index is 10.8. The highest BCUT2D eigenvalue weighted by Crippen LogP contribution is 2.03. The van der Waals surface area contributed by atoms with Crippen molar-refractivity contribution >= 4 is 5.78 Å². The monoisotopic (exact) mass is 176 g/mol. The first-order chi connectivity index (χ1) is 5.49. The summed E-state index contributed by atoms with van der Waals surface area (Å²) < 4.78 is 5.10. The lowest BCUT2D eigenvalue weighted by Crippen LogP contribution is -2.32. The smallest absolute Gasteiger partial charge is 0.186 e. The van der Waals surface area contributed by atoms with Crippen molar-refractivity contribution in [2.24, 2.45) is 0 Å². The number of rotatable bonds is 5. The Morgan fingerprint density at radius 1 is 1.42 bits per heavy atom. The molecule has 1 unspecified atom stereocenters. The molecule has 2 N–H and O–H groups in total. The molecule has 0 heterocycles. The third kappa shape index (κ3) is 3.80. The van der Waals surface area contributed by atoms with Gasteiger partial charge in [-0.2, -0.15) is 0 Å². The minimum absolute atomic E-state index is 0.373. The molecule has 0 spiro atoms. The fourth-order valence-electron chi connectivity index (χ4n) is 0.640. The molecule has 0 radical (unpaired) electrons. The molecule has 3 atom stereocenters. The summed E-state index contributed by atoms with van der Waals surface area (Å²) in [6, 6.07) is 0. The molecule has 0 bridgehead atoms. The van der Waals surface area contributed by atoms with Gasteiger partial charge in [0.2, 0.25) is 0 Å². The number of carbonyl (C=O) groups excluding carboxylic acids is 1. The molecule has 0 aliphatic rings. The van der Waals surface area contributed by atoms with Gasteiger partial charge in [-0.05, 0) is 20.8 Å². The summed E-state index contributed by atoms with van der Waals surface area (Å²) in [7, 11) is 0. The summed E-state index contributed by atoms with van der Waals surface area (Å²) in [5.74, 6) is -0.373. The van der Waals surface area contributed by atoms with E-state index in [4.69, 9.17) is 14.9 Å². The van der Waals surface area contributed by atoms with Crippen molar-refractivity contribution in [2.75, 3.05) is 6.61 Å². The average molecular weight is 176 g/mol. The molecular formula is C8H16O4. The van der Waals surface area contributed by atoms with Crippen LogP contribution in [0.5, 0.6) is 0 Å². The molecule has 4 heteroatoms. The fraction of sp³-hybridized carbons (Fsp3) is 0.875. The molecule has 0 aliphatic carbocycles. The van der Waals surface area contributed by atoms with E-state index in [1.165, 1.54) is 0 Å². The van der Waals surface area contributed by atoms with E-state index in [0.717, 1.165) is 0 Å². The van der Waals surface area contributed by atoms with Crippen molar-refractivity contribution in [2.45, 2.75) is 39.1 Å². The molecule has 0 fully saturated rings. The largest absolute Gasteiger partial charge is 0.391 e. The summed E-state index contributed by atoms with van der Waals surface area (Å²) in [6.45, 7) is 4.29. The number of aliphatic hydroxyl groups is 2. The van der Waals surface area contributed by atoms with E-state index >= 15 is 0 Å². The lowest BCUT2D eigenvalue weighted by atomic mass is 10.2. The summed E-state index contributed by atoms with van der Waals surface area (Å²) in [5.41, 5.74) is 0. The summed E-state index contributed by atoms with van der Waals surface area (Å²) in [5, 5.41) is 17.5. The van der Waals surface area contributed by atoms with Gasteiger partial charge in [0, 0.05) is 0 Å². The van der Waals surface area contributed by atoms with Crippen LogP contribution in [0.4, 0.5) is 0 Å². The number of ketones is 1. The second kappa shape index (κ2) is 5.24. The van der Waals surface area contributed by atoms with Crippen molar-refractivity contribution in [1.82, 2.24) is 0 Å². The molecule has 0 aromatic heterocycles. The van der Waals surface area contributed by atoms with Crippen molar-refractivity contribution < 1.29 is 19.7 Å². The quantitative estimate of drug-likeness (QED) is 0.604. The average Bonchev–Trinajstić information content (AvgIpc) is 2.02. The van der Waals surface area contributed by atoms with Crippen molar-refractivity contribution in [3.8, 4) is 0 Å². The van der Waals surface area contributed by atoms with Crippen molar-refractivity contribution in [1.29, 1.82) is 0 Å². The topological polar surface area (TPSA) is 66.8 Å². The van der Waals surface area contributed by atoms with Gasteiger partial charge in [-0.15, -0.1) is 0 Å². The maximum Gasteiger partial charge on any atom is 0.186 e. The molecule has 0 saturated heterocycles. The van der Waals surface area contributed by atoms with Crippen LogP contribution in [0.2, 0.25) is 0 Å². The van der Waals surface area contributed by atoms with Gasteiger partial charge in [0.1, 0.15) is 12.7 Å². The van der Waals surface area contributed by atoms with Crippen LogP contribution < -0.4 is 0 Å². The Bertz CT molecular complexity index is 144. The van der Waals surface area contributed by atoms with Crippen LogP contribution in [0.15, 0.2) is 0 Å². The normalized spacial score (nSPS) is 18.4. The minimum Gasteiger partial charge on any atom is -0.391 e. The summed E-state index contributed by atoms with van der Waals surface area (Å²) in [6.07, 6.45) is -1.66. The van der Waals surface area contributed by atoms with Gasteiger partial charge in [0.15, 0.2) is 5.78 Å². The SMILES string of the molecule is CC(O[C@@H](C)[C@H](C)O)C(=O)CO. The Kier molecular flexibility index (Phi) is 5.04. The summed E-state index contributed by atoms with van der Waals surface area (Å²) >= 11 is 0. The molecule has 0 amide bonds. The van der Waals surface area contributed by atoms with Crippen LogP contribution in [-0.2, 0) is 9.53 Å². The van der Waals surface area contributed by atoms with Crippen molar-refractivity contribution in [3.63, 3.8) is 0 Å². The standard InChI is InChI=1S/C8H16O4/c1-5(10)6(2)12-7(3)8(11)4-9/h5-7,9-10H,4H2,1-3H3/t5-,6-,7?/m0/s1. The Morgan fingerprint density at radius 2 is 1.92 bits per heavy atom. The number of Topliss-reactive ketones (excluding diaryl/α,β-unsaturated/α-hetero) is 1. The zero-order valence-electron chi connectivity index (χ0n) is 7.65. The Hall–Kier alpha value is -0.450. The molecule has 0 saturated carbocycles. The van der Waals surface area contributed by atoms with E-state index in [0.29, 0.717) is 0 Å². The van der Waals surface area contributed by atoms with Crippen LogP contribution in [0.1, 0.15) is 20.8 Å². The first-order valence-corrected chi connectivity index (χ1v) is 3.96. The highest BCUT2D eigenvalue weighted by atomic mass is 16.5. The molecule has 0 aliphatic heterocycles. The second-order valence-corrected chi connectivity index (χ2v) is 2.85. The van der Waals surface area contributed by atoms with Crippen molar-refractivity contribution in [3.05, 3.63) is 0 Å². The molecule has 0 rings (SSSR count). The van der Waals surface area contributed by atoms with E-state index < -0.39 is 24.9 Å². The zero-order chi connectivity index (χ0) is 9.72. The predicted molar refractivity (Wildman–Crippen MR) is 43.8 cm³/mol. The van der Waals surface area contributed by atoms with Gasteiger partial charge < -0.3 is 14.9 Å². The van der Waals surface area contributed by atoms with Gasteiger partial charge in [-0.25, -0.2) is 0 Å². The summed E-state index contributed by atoms with van der Waals surface area (Å²) in [4.78, 5) is 10.8. The first kappa shape index (κ1) is 11.6. The van der Waals surface area contributed by atoms with E-state index in [9.17, 15) is 4.79 Å². The van der Waals surface area contributed by atoms with Crippen LogP contribution in [0.25, 0.3) is 0 Å². The van der Waals surface area contributed by atoms with E-state index in [1.54, 1.807) is 20.8 Å². The minimum atomic E-state index is -0.653.